The van der Waals surface area contributed by atoms with Gasteiger partial charge in [0.1, 0.15) is 18.1 Å². The lowest BCUT2D eigenvalue weighted by molar-refractivity contribution is -0.127. The maximum absolute atomic E-state index is 12.6. The molecule has 1 saturated heterocycles. The quantitative estimate of drug-likeness (QED) is 0.590. The van der Waals surface area contributed by atoms with Gasteiger partial charge in [0.05, 0.1) is 24.7 Å². The minimum absolute atomic E-state index is 0.220. The summed E-state index contributed by atoms with van der Waals surface area (Å²) in [6, 6.07) is 13.8. The zero-order valence-corrected chi connectivity index (χ0v) is 18.6. The van der Waals surface area contributed by atoms with E-state index in [0.717, 1.165) is 5.56 Å². The van der Waals surface area contributed by atoms with Crippen molar-refractivity contribution in [1.29, 1.82) is 0 Å². The van der Waals surface area contributed by atoms with Crippen LogP contribution in [0.2, 0.25) is 0 Å². The Bertz CT molecular complexity index is 972. The second-order valence-electron chi connectivity index (χ2n) is 7.20. The average molecular weight is 449 g/mol. The number of carbonyl (C=O) groups is 1. The molecule has 9 heteroatoms. The summed E-state index contributed by atoms with van der Waals surface area (Å²) in [5.74, 6) is 0.933. The van der Waals surface area contributed by atoms with Gasteiger partial charge in [-0.15, -0.1) is 0 Å². The van der Waals surface area contributed by atoms with Crippen molar-refractivity contribution in [3.05, 3.63) is 54.1 Å². The van der Waals surface area contributed by atoms with Crippen molar-refractivity contribution in [2.75, 3.05) is 39.5 Å². The molecule has 0 radical (unpaired) electrons. The molecule has 1 heterocycles. The summed E-state index contributed by atoms with van der Waals surface area (Å²) in [5.41, 5.74) is 1.06. The number of ether oxygens (including phenoxy) is 3. The summed E-state index contributed by atoms with van der Waals surface area (Å²) in [6.45, 7) is 5.71. The van der Waals surface area contributed by atoms with Crippen molar-refractivity contribution in [2.24, 2.45) is 0 Å². The predicted octanol–water partition coefficient (Wildman–Crippen LogP) is 1.98. The molecule has 2 aromatic rings. The molecule has 0 bridgehead atoms. The molecule has 1 atom stereocenters. The topological polar surface area (TPSA) is 94.2 Å². The Kier molecular flexibility index (Phi) is 7.89. The summed E-state index contributed by atoms with van der Waals surface area (Å²) in [6.07, 6.45) is -0.633. The van der Waals surface area contributed by atoms with Gasteiger partial charge in [-0.3, -0.25) is 4.79 Å². The minimum atomic E-state index is -3.53. The molecule has 0 spiro atoms. The van der Waals surface area contributed by atoms with E-state index in [4.69, 9.17) is 14.2 Å². The lowest BCUT2D eigenvalue weighted by Gasteiger charge is -2.26. The Morgan fingerprint density at radius 1 is 1.13 bits per heavy atom. The van der Waals surface area contributed by atoms with E-state index < -0.39 is 16.1 Å². The number of rotatable bonds is 9. The maximum atomic E-state index is 12.6. The van der Waals surface area contributed by atoms with E-state index in [0.29, 0.717) is 44.3 Å². The number of benzene rings is 2. The van der Waals surface area contributed by atoms with Crippen LogP contribution in [0.3, 0.4) is 0 Å². The Balaban J connectivity index is 1.42. The molecule has 8 nitrogen and oxygen atoms in total. The second-order valence-corrected chi connectivity index (χ2v) is 9.14. The fourth-order valence-corrected chi connectivity index (χ4v) is 4.48. The van der Waals surface area contributed by atoms with Crippen LogP contribution in [0, 0.1) is 6.92 Å². The molecule has 1 aliphatic rings. The Morgan fingerprint density at radius 2 is 1.84 bits per heavy atom. The fourth-order valence-electron chi connectivity index (χ4n) is 3.08. The highest BCUT2D eigenvalue weighted by molar-refractivity contribution is 7.89. The van der Waals surface area contributed by atoms with Gasteiger partial charge in [0, 0.05) is 13.1 Å². The van der Waals surface area contributed by atoms with E-state index in [2.05, 4.69) is 5.32 Å². The number of nitrogens with zero attached hydrogens (tertiary/aromatic N) is 1. The van der Waals surface area contributed by atoms with Gasteiger partial charge in [-0.1, -0.05) is 12.1 Å². The molecule has 1 aliphatic heterocycles. The molecule has 0 saturated carbocycles. The zero-order chi connectivity index (χ0) is 22.3. The van der Waals surface area contributed by atoms with E-state index in [1.165, 1.54) is 16.4 Å². The van der Waals surface area contributed by atoms with E-state index in [1.807, 2.05) is 31.2 Å². The molecule has 0 aromatic heterocycles. The molecular weight excluding hydrogens is 420 g/mol. The van der Waals surface area contributed by atoms with Crippen LogP contribution in [0.15, 0.2) is 53.4 Å². The largest absolute Gasteiger partial charge is 0.492 e. The first-order chi connectivity index (χ1) is 14.9. The van der Waals surface area contributed by atoms with Crippen molar-refractivity contribution in [2.45, 2.75) is 24.8 Å². The highest BCUT2D eigenvalue weighted by Crippen LogP contribution is 2.20. The van der Waals surface area contributed by atoms with Crippen LogP contribution in [0.4, 0.5) is 0 Å². The van der Waals surface area contributed by atoms with Gasteiger partial charge >= 0.3 is 0 Å². The van der Waals surface area contributed by atoms with Crippen LogP contribution in [-0.2, 0) is 19.6 Å². The molecular formula is C22H28N2O6S. The van der Waals surface area contributed by atoms with Crippen LogP contribution in [0.25, 0.3) is 0 Å². The zero-order valence-electron chi connectivity index (χ0n) is 17.7. The third-order valence-electron chi connectivity index (χ3n) is 4.77. The van der Waals surface area contributed by atoms with E-state index >= 15 is 0 Å². The molecule has 168 valence electrons. The summed E-state index contributed by atoms with van der Waals surface area (Å²) in [4.78, 5) is 12.4. The molecule has 1 N–H and O–H groups in total. The van der Waals surface area contributed by atoms with E-state index in [1.54, 1.807) is 19.1 Å². The van der Waals surface area contributed by atoms with E-state index in [9.17, 15) is 13.2 Å². The van der Waals surface area contributed by atoms with Gasteiger partial charge in [-0.25, -0.2) is 8.42 Å². The third kappa shape index (κ3) is 6.43. The Labute approximate surface area is 183 Å². The third-order valence-corrected chi connectivity index (χ3v) is 6.69. The van der Waals surface area contributed by atoms with Gasteiger partial charge in [-0.2, -0.15) is 4.31 Å². The van der Waals surface area contributed by atoms with Gasteiger partial charge in [0.2, 0.25) is 10.0 Å². The first kappa shape index (κ1) is 23.1. The van der Waals surface area contributed by atoms with Crippen molar-refractivity contribution in [3.63, 3.8) is 0 Å². The number of aryl methyl sites for hydroxylation is 1. The SMILES string of the molecule is Cc1cccc(O[C@@H](C)C(=O)NCCOc2ccc(S(=O)(=O)N3CCOCC3)cc2)c1. The number of hydrogen-bond acceptors (Lipinski definition) is 6. The van der Waals surface area contributed by atoms with Crippen LogP contribution < -0.4 is 14.8 Å². The normalized spacial score (nSPS) is 15.8. The van der Waals surface area contributed by atoms with Crippen LogP contribution in [-0.4, -0.2) is 64.2 Å². The molecule has 31 heavy (non-hydrogen) atoms. The summed E-state index contributed by atoms with van der Waals surface area (Å²) < 4.78 is 43.1. The number of carbonyl (C=O) groups excluding carboxylic acids is 1. The predicted molar refractivity (Wildman–Crippen MR) is 116 cm³/mol. The average Bonchev–Trinajstić information content (AvgIpc) is 2.77. The number of sulfonamides is 1. The Morgan fingerprint density at radius 3 is 2.52 bits per heavy atom. The molecule has 1 fully saturated rings. The molecule has 0 aliphatic carbocycles. The fraction of sp³-hybridized carbons (Fsp3) is 0.409. The summed E-state index contributed by atoms with van der Waals surface area (Å²) in [7, 11) is -3.53. The van der Waals surface area contributed by atoms with Gasteiger partial charge in [-0.05, 0) is 55.8 Å². The van der Waals surface area contributed by atoms with Crippen molar-refractivity contribution in [3.8, 4) is 11.5 Å². The van der Waals surface area contributed by atoms with Gasteiger partial charge in [0.15, 0.2) is 6.10 Å². The summed E-state index contributed by atoms with van der Waals surface area (Å²) in [5, 5.41) is 2.76. The lowest BCUT2D eigenvalue weighted by atomic mass is 10.2. The second kappa shape index (κ2) is 10.6. The van der Waals surface area contributed by atoms with Crippen molar-refractivity contribution >= 4 is 15.9 Å². The van der Waals surface area contributed by atoms with Gasteiger partial charge in [0.25, 0.3) is 5.91 Å². The summed E-state index contributed by atoms with van der Waals surface area (Å²) >= 11 is 0. The van der Waals surface area contributed by atoms with E-state index in [-0.39, 0.29) is 17.4 Å². The number of nitrogens with one attached hydrogen (secondary N) is 1. The molecule has 0 unspecified atom stereocenters. The highest BCUT2D eigenvalue weighted by Gasteiger charge is 2.26. The van der Waals surface area contributed by atoms with Crippen LogP contribution in [0.1, 0.15) is 12.5 Å². The van der Waals surface area contributed by atoms with Crippen LogP contribution >= 0.6 is 0 Å². The monoisotopic (exact) mass is 448 g/mol. The smallest absolute Gasteiger partial charge is 0.260 e. The van der Waals surface area contributed by atoms with Crippen LogP contribution in [0.5, 0.6) is 11.5 Å². The molecule has 1 amide bonds. The minimum Gasteiger partial charge on any atom is -0.492 e. The standard InChI is InChI=1S/C22H28N2O6S/c1-17-4-3-5-20(16-17)30-18(2)22(25)23-10-13-29-19-6-8-21(9-7-19)31(26,27)24-11-14-28-15-12-24/h3-9,16,18H,10-15H2,1-2H3,(H,23,25)/t18-/m0/s1. The van der Waals surface area contributed by atoms with Crippen molar-refractivity contribution in [1.82, 2.24) is 9.62 Å². The molecule has 3 rings (SSSR count). The lowest BCUT2D eigenvalue weighted by Crippen LogP contribution is -2.40. The number of hydrogen-bond donors (Lipinski definition) is 1. The molecule has 2 aromatic carbocycles. The first-order valence-corrected chi connectivity index (χ1v) is 11.6. The highest BCUT2D eigenvalue weighted by atomic mass is 32.2. The number of morpholine rings is 1. The Hall–Kier alpha value is -2.62. The van der Waals surface area contributed by atoms with Crippen molar-refractivity contribution < 1.29 is 27.4 Å². The number of amides is 1. The first-order valence-electron chi connectivity index (χ1n) is 10.2. The van der Waals surface area contributed by atoms with Gasteiger partial charge < -0.3 is 19.5 Å². The maximum Gasteiger partial charge on any atom is 0.260 e.